The van der Waals surface area contributed by atoms with Crippen molar-refractivity contribution in [1.29, 1.82) is 0 Å². The van der Waals surface area contributed by atoms with Gasteiger partial charge in [0.2, 0.25) is 0 Å². The molecule has 0 radical (unpaired) electrons. The van der Waals surface area contributed by atoms with Crippen LogP contribution in [0.5, 0.6) is 0 Å². The standard InChI is InChI=1S/C25H32N2O2/c1-29-25(28)18-20-8-6-15-26(19-20)16-7-17-27-23-11-4-2-9-21(23)13-14-22-10-3-5-12-24(22)27/h2-5,9-12,20H,6-8,13-19H2,1H3. The van der Waals surface area contributed by atoms with Gasteiger partial charge >= 0.3 is 5.97 Å². The Morgan fingerprint density at radius 3 is 2.31 bits per heavy atom. The van der Waals surface area contributed by atoms with Crippen molar-refractivity contribution in [2.45, 2.75) is 38.5 Å². The largest absolute Gasteiger partial charge is 0.469 e. The first-order chi connectivity index (χ1) is 14.2. The third kappa shape index (κ3) is 4.81. The normalized spacial score (nSPS) is 19.2. The Kier molecular flexibility index (Phi) is 6.50. The van der Waals surface area contributed by atoms with Crippen molar-refractivity contribution in [3.63, 3.8) is 0 Å². The number of methoxy groups -OCH3 is 1. The maximum absolute atomic E-state index is 11.6. The van der Waals surface area contributed by atoms with Crippen LogP contribution < -0.4 is 4.90 Å². The average Bonchev–Trinajstić information content (AvgIpc) is 2.91. The van der Waals surface area contributed by atoms with Crippen LogP contribution in [0.25, 0.3) is 0 Å². The van der Waals surface area contributed by atoms with E-state index in [9.17, 15) is 4.79 Å². The Bertz CT molecular complexity index is 788. The summed E-state index contributed by atoms with van der Waals surface area (Å²) in [7, 11) is 1.49. The molecule has 0 aliphatic carbocycles. The van der Waals surface area contributed by atoms with E-state index in [1.165, 1.54) is 36.0 Å². The van der Waals surface area contributed by atoms with Crippen LogP contribution in [0.2, 0.25) is 0 Å². The molecule has 4 nitrogen and oxygen atoms in total. The SMILES string of the molecule is COC(=O)CC1CCCN(CCCN2c3ccccc3CCc3ccccc32)C1. The van der Waals surface area contributed by atoms with Crippen LogP contribution in [-0.2, 0) is 22.4 Å². The summed E-state index contributed by atoms with van der Waals surface area (Å²) in [5, 5.41) is 0. The fourth-order valence-corrected chi connectivity index (χ4v) is 4.90. The number of benzene rings is 2. The number of nitrogens with zero attached hydrogens (tertiary/aromatic N) is 2. The van der Waals surface area contributed by atoms with Gasteiger partial charge in [-0.3, -0.25) is 4.79 Å². The first-order valence-corrected chi connectivity index (χ1v) is 11.0. The molecule has 1 atom stereocenters. The molecule has 0 aromatic heterocycles. The van der Waals surface area contributed by atoms with E-state index in [0.29, 0.717) is 12.3 Å². The van der Waals surface area contributed by atoms with E-state index >= 15 is 0 Å². The molecule has 1 saturated heterocycles. The van der Waals surface area contributed by atoms with E-state index in [2.05, 4.69) is 58.3 Å². The zero-order valence-corrected chi connectivity index (χ0v) is 17.5. The number of aryl methyl sites for hydroxylation is 2. The smallest absolute Gasteiger partial charge is 0.305 e. The van der Waals surface area contributed by atoms with E-state index in [1.807, 2.05) is 0 Å². The average molecular weight is 393 g/mol. The van der Waals surface area contributed by atoms with Gasteiger partial charge in [0.15, 0.2) is 0 Å². The van der Waals surface area contributed by atoms with E-state index in [-0.39, 0.29) is 5.97 Å². The molecule has 0 bridgehead atoms. The summed E-state index contributed by atoms with van der Waals surface area (Å²) in [6.45, 7) is 4.26. The van der Waals surface area contributed by atoms with Gasteiger partial charge in [-0.05, 0) is 74.4 Å². The molecule has 2 aliphatic rings. The van der Waals surface area contributed by atoms with Crippen LogP contribution in [0.15, 0.2) is 48.5 Å². The minimum Gasteiger partial charge on any atom is -0.469 e. The number of piperidine rings is 1. The first kappa shape index (κ1) is 20.0. The van der Waals surface area contributed by atoms with Crippen LogP contribution in [0.3, 0.4) is 0 Å². The Labute approximate surface area is 174 Å². The fourth-order valence-electron chi connectivity index (χ4n) is 4.90. The minimum absolute atomic E-state index is 0.0744. The zero-order valence-electron chi connectivity index (χ0n) is 17.5. The summed E-state index contributed by atoms with van der Waals surface area (Å²) in [5.74, 6) is 0.366. The number of rotatable bonds is 6. The highest BCUT2D eigenvalue weighted by Crippen LogP contribution is 2.36. The summed E-state index contributed by atoms with van der Waals surface area (Å²) in [6.07, 6.45) is 6.19. The van der Waals surface area contributed by atoms with Gasteiger partial charge in [0.25, 0.3) is 0 Å². The molecule has 0 saturated carbocycles. The van der Waals surface area contributed by atoms with E-state index in [4.69, 9.17) is 4.74 Å². The van der Waals surface area contributed by atoms with Crippen LogP contribution in [0.4, 0.5) is 11.4 Å². The molecule has 29 heavy (non-hydrogen) atoms. The Hall–Kier alpha value is -2.33. The third-order valence-electron chi connectivity index (χ3n) is 6.37. The predicted octanol–water partition coefficient (Wildman–Crippen LogP) is 4.59. The lowest BCUT2D eigenvalue weighted by molar-refractivity contribution is -0.142. The van der Waals surface area contributed by atoms with Crippen LogP contribution in [0, 0.1) is 5.92 Å². The Morgan fingerprint density at radius 2 is 1.66 bits per heavy atom. The second-order valence-corrected chi connectivity index (χ2v) is 8.35. The summed E-state index contributed by atoms with van der Waals surface area (Å²) < 4.78 is 4.86. The maximum Gasteiger partial charge on any atom is 0.305 e. The molecule has 154 valence electrons. The molecule has 0 spiro atoms. The molecule has 2 heterocycles. The number of ether oxygens (including phenoxy) is 1. The van der Waals surface area contributed by atoms with Gasteiger partial charge in [-0.1, -0.05) is 36.4 Å². The Morgan fingerprint density at radius 1 is 1.00 bits per heavy atom. The predicted molar refractivity (Wildman–Crippen MR) is 118 cm³/mol. The molecule has 0 amide bonds. The number of likely N-dealkylation sites (tertiary alicyclic amines) is 1. The number of anilines is 2. The number of para-hydroxylation sites is 2. The lowest BCUT2D eigenvalue weighted by Gasteiger charge is -2.33. The molecular formula is C25H32N2O2. The summed E-state index contributed by atoms with van der Waals surface area (Å²) in [5.41, 5.74) is 5.61. The van der Waals surface area contributed by atoms with Gasteiger partial charge in [-0.2, -0.15) is 0 Å². The zero-order chi connectivity index (χ0) is 20.1. The number of hydrogen-bond donors (Lipinski definition) is 0. The number of carbonyl (C=O) groups excluding carboxylic acids is 1. The van der Waals surface area contributed by atoms with Crippen molar-refractivity contribution in [1.82, 2.24) is 4.90 Å². The van der Waals surface area contributed by atoms with Crippen molar-refractivity contribution >= 4 is 17.3 Å². The lowest BCUT2D eigenvalue weighted by Crippen LogP contribution is -2.38. The molecule has 0 N–H and O–H groups in total. The van der Waals surface area contributed by atoms with Gasteiger partial charge in [0, 0.05) is 30.9 Å². The van der Waals surface area contributed by atoms with Gasteiger partial charge in [0.1, 0.15) is 0 Å². The monoisotopic (exact) mass is 392 g/mol. The molecule has 2 aromatic carbocycles. The van der Waals surface area contributed by atoms with Gasteiger partial charge < -0.3 is 14.5 Å². The minimum atomic E-state index is -0.0744. The summed E-state index contributed by atoms with van der Waals surface area (Å²) in [6, 6.07) is 17.7. The van der Waals surface area contributed by atoms with Crippen molar-refractivity contribution in [2.75, 3.05) is 38.2 Å². The molecular weight excluding hydrogens is 360 g/mol. The molecule has 2 aromatic rings. The fraction of sp³-hybridized carbons (Fsp3) is 0.480. The topological polar surface area (TPSA) is 32.8 Å². The number of hydrogen-bond acceptors (Lipinski definition) is 4. The van der Waals surface area contributed by atoms with Crippen LogP contribution in [0.1, 0.15) is 36.8 Å². The van der Waals surface area contributed by atoms with Crippen LogP contribution in [-0.4, -0.2) is 44.2 Å². The van der Waals surface area contributed by atoms with Crippen molar-refractivity contribution in [3.8, 4) is 0 Å². The quantitative estimate of drug-likeness (QED) is 0.673. The molecule has 4 heteroatoms. The summed E-state index contributed by atoms with van der Waals surface area (Å²) in [4.78, 5) is 16.7. The molecule has 2 aliphatic heterocycles. The third-order valence-corrected chi connectivity index (χ3v) is 6.37. The molecule has 4 rings (SSSR count). The molecule has 1 fully saturated rings. The highest BCUT2D eigenvalue weighted by molar-refractivity contribution is 5.71. The summed E-state index contributed by atoms with van der Waals surface area (Å²) >= 11 is 0. The van der Waals surface area contributed by atoms with Gasteiger partial charge in [0.05, 0.1) is 7.11 Å². The van der Waals surface area contributed by atoms with Gasteiger partial charge in [-0.25, -0.2) is 0 Å². The van der Waals surface area contributed by atoms with Crippen LogP contribution >= 0.6 is 0 Å². The second kappa shape index (κ2) is 9.45. The number of fused-ring (bicyclic) bond motifs is 2. The Balaban J connectivity index is 1.41. The van der Waals surface area contributed by atoms with E-state index in [1.54, 1.807) is 0 Å². The van der Waals surface area contributed by atoms with Crippen molar-refractivity contribution in [3.05, 3.63) is 59.7 Å². The number of esters is 1. The van der Waals surface area contributed by atoms with Crippen molar-refractivity contribution < 1.29 is 9.53 Å². The highest BCUT2D eigenvalue weighted by atomic mass is 16.5. The maximum atomic E-state index is 11.6. The number of carbonyl (C=O) groups is 1. The second-order valence-electron chi connectivity index (χ2n) is 8.35. The van der Waals surface area contributed by atoms with E-state index in [0.717, 1.165) is 51.9 Å². The van der Waals surface area contributed by atoms with E-state index < -0.39 is 0 Å². The lowest BCUT2D eigenvalue weighted by atomic mass is 9.95. The van der Waals surface area contributed by atoms with Crippen molar-refractivity contribution in [2.24, 2.45) is 5.92 Å². The highest BCUT2D eigenvalue weighted by Gasteiger charge is 2.23. The molecule has 1 unspecified atom stereocenters. The van der Waals surface area contributed by atoms with Gasteiger partial charge in [-0.15, -0.1) is 0 Å². The first-order valence-electron chi connectivity index (χ1n) is 11.0.